The van der Waals surface area contributed by atoms with Gasteiger partial charge in [-0.15, -0.1) is 0 Å². The fourth-order valence-corrected chi connectivity index (χ4v) is 9.11. The molecule has 0 aliphatic heterocycles. The van der Waals surface area contributed by atoms with Gasteiger partial charge in [-0.05, 0) is 76.8 Å². The summed E-state index contributed by atoms with van der Waals surface area (Å²) in [4.78, 5) is 146. The molecule has 0 bridgehead atoms. The van der Waals surface area contributed by atoms with Gasteiger partial charge in [0.05, 0.1) is 31.1 Å². The van der Waals surface area contributed by atoms with Crippen LogP contribution in [0.5, 0.6) is 0 Å². The number of nitrogens with zero attached hydrogens (tertiary/aromatic N) is 2. The fraction of sp³-hybridized carbons (Fsp3) is 0.630. The van der Waals surface area contributed by atoms with Crippen LogP contribution in [0.3, 0.4) is 0 Å². The molecule has 0 radical (unpaired) electrons. The summed E-state index contributed by atoms with van der Waals surface area (Å²) in [6.45, 7) is 6.75. The van der Waals surface area contributed by atoms with Gasteiger partial charge in [-0.2, -0.15) is 0 Å². The van der Waals surface area contributed by atoms with Gasteiger partial charge in [0, 0.05) is 31.3 Å². The van der Waals surface area contributed by atoms with Crippen molar-refractivity contribution in [1.82, 2.24) is 57.8 Å². The van der Waals surface area contributed by atoms with E-state index in [1.54, 1.807) is 44.2 Å². The number of imidazole rings is 1. The second kappa shape index (κ2) is 36.0. The molecule has 0 spiro atoms. The number of aromatic amines is 1. The number of carbonyl (C=O) groups excluding carboxylic acids is 9. The monoisotopic (exact) mass is 1170 g/mol. The summed E-state index contributed by atoms with van der Waals surface area (Å²) >= 11 is 0. The molecular formula is C54H88N16O13. The Morgan fingerprint density at radius 1 is 0.663 bits per heavy atom. The van der Waals surface area contributed by atoms with Crippen molar-refractivity contribution in [1.29, 1.82) is 0 Å². The van der Waals surface area contributed by atoms with Crippen molar-refractivity contribution in [2.75, 3.05) is 19.6 Å². The average molecular weight is 1170 g/mol. The van der Waals surface area contributed by atoms with E-state index in [1.807, 2.05) is 0 Å². The number of carboxylic acids is 1. The Labute approximate surface area is 483 Å². The Balaban J connectivity index is 1.74. The normalized spacial score (nSPS) is 16.8. The zero-order valence-electron chi connectivity index (χ0n) is 48.0. The first-order valence-electron chi connectivity index (χ1n) is 28.2. The number of aromatic nitrogens is 2. The summed E-state index contributed by atoms with van der Waals surface area (Å²) in [5.41, 5.74) is 23.4. The van der Waals surface area contributed by atoms with E-state index >= 15 is 0 Å². The van der Waals surface area contributed by atoms with Gasteiger partial charge in [-0.1, -0.05) is 82.7 Å². The molecule has 1 saturated carbocycles. The van der Waals surface area contributed by atoms with Crippen molar-refractivity contribution < 1.29 is 63.3 Å². The number of amides is 9. The Bertz CT molecular complexity index is 2460. The van der Waals surface area contributed by atoms with Crippen molar-refractivity contribution in [2.24, 2.45) is 39.8 Å². The van der Waals surface area contributed by atoms with Gasteiger partial charge < -0.3 is 91.1 Å². The first-order chi connectivity index (χ1) is 39.3. The molecule has 1 heterocycles. The third-order valence-electron chi connectivity index (χ3n) is 14.2. The number of benzene rings is 1. The zero-order chi connectivity index (χ0) is 61.8. The van der Waals surface area contributed by atoms with Crippen molar-refractivity contribution in [3.8, 4) is 0 Å². The second-order valence-electron chi connectivity index (χ2n) is 21.1. The van der Waals surface area contributed by atoms with Gasteiger partial charge in [0.15, 0.2) is 5.96 Å². The van der Waals surface area contributed by atoms with Crippen LogP contribution in [0.25, 0.3) is 0 Å². The minimum Gasteiger partial charge on any atom is -0.480 e. The molecule has 1 aromatic heterocycles. The maximum atomic E-state index is 14.2. The van der Waals surface area contributed by atoms with Crippen LogP contribution >= 0.6 is 0 Å². The van der Waals surface area contributed by atoms with Crippen LogP contribution in [-0.4, -0.2) is 177 Å². The lowest BCUT2D eigenvalue weighted by Crippen LogP contribution is -2.63. The maximum absolute atomic E-state index is 14.2. The molecule has 9 amide bonds. The van der Waals surface area contributed by atoms with Crippen molar-refractivity contribution in [3.63, 3.8) is 0 Å². The van der Waals surface area contributed by atoms with E-state index in [9.17, 15) is 63.3 Å². The minimum absolute atomic E-state index is 0.00813. The lowest BCUT2D eigenvalue weighted by atomic mass is 9.84. The Hall–Kier alpha value is -7.76. The van der Waals surface area contributed by atoms with Gasteiger partial charge in [0.25, 0.3) is 0 Å². The van der Waals surface area contributed by atoms with E-state index in [4.69, 9.17) is 22.9 Å². The first kappa shape index (κ1) is 69.5. The van der Waals surface area contributed by atoms with Crippen LogP contribution in [0.4, 0.5) is 0 Å². The van der Waals surface area contributed by atoms with E-state index in [2.05, 4.69) is 62.8 Å². The third-order valence-corrected chi connectivity index (χ3v) is 14.2. The molecule has 1 fully saturated rings. The highest BCUT2D eigenvalue weighted by Gasteiger charge is 2.37. The average Bonchev–Trinajstić information content (AvgIpc) is 4.13. The number of carbonyl (C=O) groups is 10. The quantitative estimate of drug-likeness (QED) is 0.0177. The Morgan fingerprint density at radius 3 is 1.82 bits per heavy atom. The topological polar surface area (TPSA) is 485 Å². The molecule has 21 N–H and O–H groups in total. The predicted octanol–water partition coefficient (Wildman–Crippen LogP) is -3.81. The maximum Gasteiger partial charge on any atom is 0.326 e. The van der Waals surface area contributed by atoms with E-state index in [0.717, 1.165) is 46.0 Å². The highest BCUT2D eigenvalue weighted by molar-refractivity contribution is 5.98. The van der Waals surface area contributed by atoms with E-state index in [-0.39, 0.29) is 63.5 Å². The molecule has 462 valence electrons. The molecule has 29 heteroatoms. The van der Waals surface area contributed by atoms with Crippen molar-refractivity contribution in [2.45, 2.75) is 185 Å². The number of aliphatic hydroxyl groups is 2. The molecule has 1 unspecified atom stereocenters. The molecule has 1 aliphatic carbocycles. The van der Waals surface area contributed by atoms with Crippen LogP contribution in [0.2, 0.25) is 0 Å². The van der Waals surface area contributed by atoms with E-state index in [1.165, 1.54) is 19.4 Å². The Kier molecular flexibility index (Phi) is 30.1. The number of rotatable bonds is 36. The number of guanidine groups is 1. The highest BCUT2D eigenvalue weighted by atomic mass is 16.4. The lowest BCUT2D eigenvalue weighted by molar-refractivity contribution is -0.143. The summed E-state index contributed by atoms with van der Waals surface area (Å²) in [7, 11) is 0. The van der Waals surface area contributed by atoms with Gasteiger partial charge in [0.2, 0.25) is 53.2 Å². The summed E-state index contributed by atoms with van der Waals surface area (Å²) < 4.78 is 0. The molecule has 1 aliphatic rings. The van der Waals surface area contributed by atoms with Crippen LogP contribution in [0.15, 0.2) is 47.8 Å². The van der Waals surface area contributed by atoms with Crippen LogP contribution in [-0.2, 0) is 60.8 Å². The predicted molar refractivity (Wildman–Crippen MR) is 304 cm³/mol. The second-order valence-corrected chi connectivity index (χ2v) is 21.1. The zero-order valence-corrected chi connectivity index (χ0v) is 48.0. The third kappa shape index (κ3) is 24.7. The molecule has 83 heavy (non-hydrogen) atoms. The van der Waals surface area contributed by atoms with Crippen LogP contribution < -0.4 is 70.8 Å². The van der Waals surface area contributed by atoms with Crippen LogP contribution in [0.1, 0.15) is 117 Å². The molecule has 1 aromatic carbocycles. The number of aliphatic hydroxyl groups excluding tert-OH is 2. The lowest BCUT2D eigenvalue weighted by Gasteiger charge is -2.29. The SMILES string of the molecule is CCC(C)[C@H](NC(=O)[C@H](CCCN)NC(=O)CNC(=O)[C@@H](NC(=O)[C@@H](NC(=O)[C@H](Cc1cnc[nH]1)NC(=O)[C@@H](Cc1ccccc1)NC(=O)[C@H](C)NC(=O)[C@@H](N)CCCN=C(N)N)[C@@H](C)O)[C@@H](C)O)C(=O)N[C@@H](CC1CCCCC1)C(=O)O. The molecule has 29 nitrogen and oxygen atoms in total. The molecule has 2 aromatic rings. The summed E-state index contributed by atoms with van der Waals surface area (Å²) in [6.07, 6.45) is 5.23. The number of aliphatic carboxylic acids is 1. The summed E-state index contributed by atoms with van der Waals surface area (Å²) in [5, 5.41) is 54.0. The number of H-pyrrole nitrogens is 1. The van der Waals surface area contributed by atoms with Crippen molar-refractivity contribution in [3.05, 3.63) is 54.1 Å². The van der Waals surface area contributed by atoms with E-state index < -0.39 is 138 Å². The fourth-order valence-electron chi connectivity index (χ4n) is 9.11. The number of hydrogen-bond donors (Lipinski definition) is 17. The minimum atomic E-state index is -1.83. The first-order valence-corrected chi connectivity index (χ1v) is 28.2. The van der Waals surface area contributed by atoms with Crippen molar-refractivity contribution >= 4 is 65.1 Å². The number of hydrogen-bond acceptors (Lipinski definition) is 16. The number of aliphatic imine (C=N–C) groups is 1. The molecule has 0 saturated heterocycles. The smallest absolute Gasteiger partial charge is 0.326 e. The number of nitrogens with two attached hydrogens (primary N) is 4. The molecule has 12 atom stereocenters. The number of carboxylic acid groups (broad SMARTS) is 1. The van der Waals surface area contributed by atoms with Gasteiger partial charge in [-0.25, -0.2) is 9.78 Å². The molecular weight excluding hydrogens is 1080 g/mol. The summed E-state index contributed by atoms with van der Waals surface area (Å²) in [6, 6.07) is -3.79. The van der Waals surface area contributed by atoms with Crippen LogP contribution in [0, 0.1) is 11.8 Å². The molecule has 3 rings (SSSR count). The van der Waals surface area contributed by atoms with Gasteiger partial charge >= 0.3 is 5.97 Å². The standard InChI is InChI=1S/C54H88N16O13/c1-6-29(2)42(51(80)67-40(53(82)83)24-34-17-11-8-12-18-34)68-47(76)37(20-13-21-55)64-41(73)27-61-50(79)43(31(4)71)70-52(81)44(32(5)72)69-49(78)39(25-35-26-59-28-62-35)66-48(77)38(23-33-15-9-7-10-16-33)65-45(74)30(3)63-46(75)36(56)19-14-22-60-54(57)58/h7,9-10,15-16,26,28-32,34,36-40,42-44,71-72H,6,8,11-14,17-25,27,55-56H2,1-5H3,(H,59,62)(H,61,79)(H,63,75)(H,64,73)(H,65,74)(H,66,77)(H,67,80)(H,68,76)(H,69,78)(H,70,81)(H,82,83)(H4,57,58,60)/t29?,30-,31+,32+,36-,37-,38+,39-,40-,42-,43-,44-/m0/s1. The summed E-state index contributed by atoms with van der Waals surface area (Å²) in [5.74, 6) is -9.60. The van der Waals surface area contributed by atoms with Gasteiger partial charge in [0.1, 0.15) is 48.3 Å². The highest BCUT2D eigenvalue weighted by Crippen LogP contribution is 2.27. The largest absolute Gasteiger partial charge is 0.480 e. The Morgan fingerprint density at radius 2 is 1.23 bits per heavy atom. The van der Waals surface area contributed by atoms with Gasteiger partial charge in [-0.3, -0.25) is 48.1 Å². The number of nitrogens with one attached hydrogen (secondary N) is 10. The van der Waals surface area contributed by atoms with E-state index in [0.29, 0.717) is 24.1 Å².